The Morgan fingerprint density at radius 1 is 1.28 bits per heavy atom. The molecule has 1 atom stereocenters. The second-order valence-electron chi connectivity index (χ2n) is 5.85. The number of carbonyl (C=O) groups is 1. The van der Waals surface area contributed by atoms with Gasteiger partial charge in [-0.15, -0.1) is 11.3 Å². The minimum absolute atomic E-state index is 0.156. The van der Waals surface area contributed by atoms with E-state index in [0.717, 1.165) is 0 Å². The van der Waals surface area contributed by atoms with Crippen LogP contribution < -0.4 is 10.1 Å². The monoisotopic (exact) mass is 380 g/mol. The first-order valence-electron chi connectivity index (χ1n) is 7.99. The maximum atomic E-state index is 12.6. The van der Waals surface area contributed by atoms with Gasteiger partial charge in [0.2, 0.25) is 5.91 Å². The number of carbonyl (C=O) groups excluding carboxylic acids is 1. The van der Waals surface area contributed by atoms with Crippen molar-refractivity contribution in [1.82, 2.24) is 4.31 Å². The van der Waals surface area contributed by atoms with Crippen LogP contribution in [0.5, 0.6) is 5.75 Å². The summed E-state index contributed by atoms with van der Waals surface area (Å²) in [7, 11) is -1.93. The topological polar surface area (TPSA) is 75.7 Å². The molecule has 0 aliphatic carbocycles. The fraction of sp³-hybridized carbons (Fsp3) is 0.353. The van der Waals surface area contributed by atoms with Gasteiger partial charge in [0.15, 0.2) is 0 Å². The number of amides is 1. The summed E-state index contributed by atoms with van der Waals surface area (Å²) < 4.78 is 32.1. The van der Waals surface area contributed by atoms with Crippen molar-refractivity contribution < 1.29 is 17.9 Å². The Hall–Kier alpha value is -1.90. The van der Waals surface area contributed by atoms with Gasteiger partial charge in [-0.3, -0.25) is 4.79 Å². The van der Waals surface area contributed by atoms with Crippen molar-refractivity contribution in [2.45, 2.75) is 17.1 Å². The van der Waals surface area contributed by atoms with E-state index in [1.165, 1.54) is 15.6 Å². The average Bonchev–Trinajstić information content (AvgIpc) is 3.18. The Balaban J connectivity index is 1.67. The van der Waals surface area contributed by atoms with Crippen molar-refractivity contribution in [3.63, 3.8) is 0 Å². The Morgan fingerprint density at radius 3 is 2.68 bits per heavy atom. The third-order valence-electron chi connectivity index (χ3n) is 4.20. The number of benzene rings is 1. The second kappa shape index (κ2) is 7.55. The number of methoxy groups -OCH3 is 1. The predicted octanol–water partition coefficient (Wildman–Crippen LogP) is 2.80. The zero-order valence-corrected chi connectivity index (χ0v) is 15.5. The van der Waals surface area contributed by atoms with Crippen LogP contribution in [0.25, 0.3) is 0 Å². The van der Waals surface area contributed by atoms with E-state index in [0.29, 0.717) is 35.0 Å². The number of nitrogens with zero attached hydrogens (tertiary/aromatic N) is 1. The van der Waals surface area contributed by atoms with Crippen LogP contribution in [0.2, 0.25) is 0 Å². The fourth-order valence-electron chi connectivity index (χ4n) is 2.83. The standard InChI is InChI=1S/C17H20N2O4S2/c1-23-15-8-6-14(7-9-15)18-17(20)13-4-2-10-19(12-13)25(21,22)16-5-3-11-24-16/h3,5-9,11,13H,2,4,10,12H2,1H3,(H,18,20)/t13-/m1/s1. The Labute approximate surface area is 151 Å². The Bertz CT molecular complexity index is 817. The molecule has 8 heteroatoms. The smallest absolute Gasteiger partial charge is 0.252 e. The van der Waals surface area contributed by atoms with Crippen molar-refractivity contribution in [1.29, 1.82) is 0 Å². The maximum Gasteiger partial charge on any atom is 0.252 e. The molecular formula is C17H20N2O4S2. The molecule has 1 amide bonds. The highest BCUT2D eigenvalue weighted by Crippen LogP contribution is 2.27. The van der Waals surface area contributed by atoms with Crippen molar-refractivity contribution in [3.05, 3.63) is 41.8 Å². The number of nitrogens with one attached hydrogen (secondary N) is 1. The molecule has 1 aromatic heterocycles. The highest BCUT2D eigenvalue weighted by molar-refractivity contribution is 7.91. The number of hydrogen-bond acceptors (Lipinski definition) is 5. The highest BCUT2D eigenvalue weighted by Gasteiger charge is 2.33. The lowest BCUT2D eigenvalue weighted by atomic mass is 9.99. The lowest BCUT2D eigenvalue weighted by Crippen LogP contribution is -2.43. The molecule has 25 heavy (non-hydrogen) atoms. The zero-order valence-electron chi connectivity index (χ0n) is 13.8. The molecule has 6 nitrogen and oxygen atoms in total. The molecule has 2 aromatic rings. The lowest BCUT2D eigenvalue weighted by molar-refractivity contribution is -0.120. The van der Waals surface area contributed by atoms with E-state index in [4.69, 9.17) is 4.74 Å². The Morgan fingerprint density at radius 2 is 2.04 bits per heavy atom. The molecule has 1 fully saturated rings. The molecule has 3 rings (SSSR count). The first-order valence-corrected chi connectivity index (χ1v) is 10.3. The molecule has 1 saturated heterocycles. The molecule has 0 unspecified atom stereocenters. The number of ether oxygens (including phenoxy) is 1. The number of thiophene rings is 1. The third-order valence-corrected chi connectivity index (χ3v) is 7.44. The molecular weight excluding hydrogens is 360 g/mol. The SMILES string of the molecule is COc1ccc(NC(=O)[C@@H]2CCCN(S(=O)(=O)c3cccs3)C2)cc1. The van der Waals surface area contributed by atoms with Gasteiger partial charge in [0.1, 0.15) is 9.96 Å². The van der Waals surface area contributed by atoms with Gasteiger partial charge < -0.3 is 10.1 Å². The van der Waals surface area contributed by atoms with E-state index < -0.39 is 10.0 Å². The van der Waals surface area contributed by atoms with Crippen LogP contribution in [0.15, 0.2) is 46.0 Å². The normalized spacial score (nSPS) is 18.7. The van der Waals surface area contributed by atoms with Gasteiger partial charge in [0.25, 0.3) is 10.0 Å². The summed E-state index contributed by atoms with van der Waals surface area (Å²) in [5, 5.41) is 4.60. The van der Waals surface area contributed by atoms with Crippen LogP contribution in [0.4, 0.5) is 5.69 Å². The van der Waals surface area contributed by atoms with Gasteiger partial charge in [-0.25, -0.2) is 8.42 Å². The number of piperidine rings is 1. The van der Waals surface area contributed by atoms with Crippen LogP contribution in [-0.2, 0) is 14.8 Å². The van der Waals surface area contributed by atoms with E-state index >= 15 is 0 Å². The zero-order chi connectivity index (χ0) is 17.9. The summed E-state index contributed by atoms with van der Waals surface area (Å²) in [6.07, 6.45) is 1.35. The quantitative estimate of drug-likeness (QED) is 0.865. The Kier molecular flexibility index (Phi) is 5.41. The van der Waals surface area contributed by atoms with Crippen molar-refractivity contribution in [2.24, 2.45) is 5.92 Å². The summed E-state index contributed by atoms with van der Waals surface area (Å²) in [5.41, 5.74) is 0.670. The predicted molar refractivity (Wildman–Crippen MR) is 97.4 cm³/mol. The van der Waals surface area contributed by atoms with Crippen molar-refractivity contribution >= 4 is 33.0 Å². The summed E-state index contributed by atoms with van der Waals surface area (Å²) in [5.74, 6) is 0.200. The molecule has 0 saturated carbocycles. The van der Waals surface area contributed by atoms with E-state index in [-0.39, 0.29) is 18.4 Å². The summed E-state index contributed by atoms with van der Waals surface area (Å²) in [4.78, 5) is 12.5. The van der Waals surface area contributed by atoms with Crippen molar-refractivity contribution in [3.8, 4) is 5.75 Å². The van der Waals surface area contributed by atoms with Gasteiger partial charge in [-0.2, -0.15) is 4.31 Å². The molecule has 0 spiro atoms. The number of sulfonamides is 1. The first-order chi connectivity index (χ1) is 12.0. The third kappa shape index (κ3) is 4.02. The molecule has 1 aliphatic heterocycles. The maximum absolute atomic E-state index is 12.6. The molecule has 0 radical (unpaired) electrons. The number of hydrogen-bond donors (Lipinski definition) is 1. The summed E-state index contributed by atoms with van der Waals surface area (Å²) >= 11 is 1.20. The van der Waals surface area contributed by atoms with Gasteiger partial charge >= 0.3 is 0 Å². The fourth-order valence-corrected chi connectivity index (χ4v) is 5.50. The van der Waals surface area contributed by atoms with E-state index in [1.54, 1.807) is 48.9 Å². The second-order valence-corrected chi connectivity index (χ2v) is 8.96. The number of rotatable bonds is 5. The summed E-state index contributed by atoms with van der Waals surface area (Å²) in [6, 6.07) is 10.4. The molecule has 134 valence electrons. The lowest BCUT2D eigenvalue weighted by Gasteiger charge is -2.30. The highest BCUT2D eigenvalue weighted by atomic mass is 32.2. The van der Waals surface area contributed by atoms with Crippen LogP contribution in [0, 0.1) is 5.92 Å². The van der Waals surface area contributed by atoms with Gasteiger partial charge in [-0.05, 0) is 48.6 Å². The molecule has 1 aromatic carbocycles. The first kappa shape index (κ1) is 17.9. The van der Waals surface area contributed by atoms with Crippen LogP contribution in [-0.4, -0.2) is 38.8 Å². The average molecular weight is 380 g/mol. The molecule has 1 N–H and O–H groups in total. The van der Waals surface area contributed by atoms with E-state index in [2.05, 4.69) is 5.32 Å². The van der Waals surface area contributed by atoms with Crippen LogP contribution in [0.1, 0.15) is 12.8 Å². The molecule has 1 aliphatic rings. The summed E-state index contributed by atoms with van der Waals surface area (Å²) in [6.45, 7) is 0.661. The van der Waals surface area contributed by atoms with Gasteiger partial charge in [-0.1, -0.05) is 6.07 Å². The van der Waals surface area contributed by atoms with Gasteiger partial charge in [0.05, 0.1) is 13.0 Å². The molecule has 2 heterocycles. The largest absolute Gasteiger partial charge is 0.497 e. The van der Waals surface area contributed by atoms with Gasteiger partial charge in [0, 0.05) is 18.8 Å². The minimum atomic E-state index is -3.51. The van der Waals surface area contributed by atoms with Crippen LogP contribution in [0.3, 0.4) is 0 Å². The van der Waals surface area contributed by atoms with Crippen LogP contribution >= 0.6 is 11.3 Å². The van der Waals surface area contributed by atoms with E-state index in [9.17, 15) is 13.2 Å². The number of anilines is 1. The molecule has 0 bridgehead atoms. The minimum Gasteiger partial charge on any atom is -0.497 e. The van der Waals surface area contributed by atoms with E-state index in [1.807, 2.05) is 0 Å². The van der Waals surface area contributed by atoms with Crippen molar-refractivity contribution in [2.75, 3.05) is 25.5 Å².